The first-order chi connectivity index (χ1) is 9.81. The van der Waals surface area contributed by atoms with E-state index in [1.807, 2.05) is 48.5 Å². The normalized spacial score (nSPS) is 10.4. The van der Waals surface area contributed by atoms with Gasteiger partial charge in [-0.25, -0.2) is 4.79 Å². The van der Waals surface area contributed by atoms with Gasteiger partial charge >= 0.3 is 5.97 Å². The summed E-state index contributed by atoms with van der Waals surface area (Å²) in [5.41, 5.74) is 3.43. The number of rotatable bonds is 2. The molecule has 1 aromatic heterocycles. The third kappa shape index (κ3) is 2.03. The van der Waals surface area contributed by atoms with E-state index in [4.69, 9.17) is 4.74 Å². The van der Waals surface area contributed by atoms with Crippen LogP contribution in [0.2, 0.25) is 0 Å². The molecule has 0 fully saturated rings. The summed E-state index contributed by atoms with van der Waals surface area (Å²) in [7, 11) is 1.38. The average molecular weight is 263 g/mol. The van der Waals surface area contributed by atoms with E-state index in [0.717, 1.165) is 22.0 Å². The number of para-hydroxylation sites is 1. The topological polar surface area (TPSA) is 39.2 Å². The molecular formula is C17H13NO2. The van der Waals surface area contributed by atoms with Gasteiger partial charge in [-0.1, -0.05) is 48.5 Å². The summed E-state index contributed by atoms with van der Waals surface area (Å²) in [6.07, 6.45) is 1.64. The molecule has 0 saturated heterocycles. The molecule has 3 heteroatoms. The maximum Gasteiger partial charge on any atom is 0.338 e. The third-order valence-electron chi connectivity index (χ3n) is 3.26. The highest BCUT2D eigenvalue weighted by Crippen LogP contribution is 2.28. The van der Waals surface area contributed by atoms with Crippen molar-refractivity contribution in [2.24, 2.45) is 0 Å². The first kappa shape index (κ1) is 12.4. The van der Waals surface area contributed by atoms with Crippen molar-refractivity contribution in [2.75, 3.05) is 7.11 Å². The number of benzene rings is 2. The Morgan fingerprint density at radius 3 is 2.55 bits per heavy atom. The van der Waals surface area contributed by atoms with Crippen LogP contribution >= 0.6 is 0 Å². The summed E-state index contributed by atoms with van der Waals surface area (Å²) in [6, 6.07) is 17.5. The van der Waals surface area contributed by atoms with Crippen molar-refractivity contribution in [1.29, 1.82) is 0 Å². The molecule has 0 atom stereocenters. The predicted molar refractivity (Wildman–Crippen MR) is 78.5 cm³/mol. The first-order valence-electron chi connectivity index (χ1n) is 6.33. The van der Waals surface area contributed by atoms with E-state index in [9.17, 15) is 4.79 Å². The van der Waals surface area contributed by atoms with E-state index in [1.165, 1.54) is 7.11 Å². The molecule has 0 spiro atoms. The average Bonchev–Trinajstić information content (AvgIpc) is 2.54. The molecule has 0 unspecified atom stereocenters. The van der Waals surface area contributed by atoms with E-state index >= 15 is 0 Å². The molecule has 1 heterocycles. The predicted octanol–water partition coefficient (Wildman–Crippen LogP) is 3.69. The molecule has 0 bridgehead atoms. The molecular weight excluding hydrogens is 250 g/mol. The smallest absolute Gasteiger partial charge is 0.338 e. The van der Waals surface area contributed by atoms with Crippen molar-refractivity contribution in [2.45, 2.75) is 0 Å². The van der Waals surface area contributed by atoms with Crippen LogP contribution in [-0.2, 0) is 4.74 Å². The van der Waals surface area contributed by atoms with Crippen LogP contribution in [0.25, 0.3) is 22.0 Å². The summed E-state index contributed by atoms with van der Waals surface area (Å²) in [4.78, 5) is 16.3. The lowest BCUT2D eigenvalue weighted by Crippen LogP contribution is -2.02. The zero-order valence-corrected chi connectivity index (χ0v) is 11.0. The molecule has 0 aliphatic heterocycles. The van der Waals surface area contributed by atoms with E-state index in [-0.39, 0.29) is 5.97 Å². The molecule has 0 aliphatic rings. The molecule has 0 aliphatic carbocycles. The van der Waals surface area contributed by atoms with Gasteiger partial charge in [0.1, 0.15) is 0 Å². The van der Waals surface area contributed by atoms with E-state index in [0.29, 0.717) is 5.56 Å². The highest BCUT2D eigenvalue weighted by Gasteiger charge is 2.13. The van der Waals surface area contributed by atoms with Gasteiger partial charge in [0.2, 0.25) is 0 Å². The number of hydrogen-bond donors (Lipinski definition) is 0. The second kappa shape index (κ2) is 5.13. The summed E-state index contributed by atoms with van der Waals surface area (Å²) in [5.74, 6) is -0.345. The molecule has 0 radical (unpaired) electrons. The van der Waals surface area contributed by atoms with Gasteiger partial charge in [-0.2, -0.15) is 0 Å². The standard InChI is InChI=1S/C17H13NO2/c1-20-17(19)15-10-11-18-16-13(8-5-9-14(15)16)12-6-3-2-4-7-12/h2-11H,1H3. The van der Waals surface area contributed by atoms with Crippen LogP contribution < -0.4 is 0 Å². The van der Waals surface area contributed by atoms with Gasteiger partial charge in [-0.05, 0) is 11.6 Å². The number of hydrogen-bond acceptors (Lipinski definition) is 3. The lowest BCUT2D eigenvalue weighted by molar-refractivity contribution is 0.0603. The maximum absolute atomic E-state index is 11.8. The van der Waals surface area contributed by atoms with Gasteiger partial charge in [-0.3, -0.25) is 4.98 Å². The number of fused-ring (bicyclic) bond motifs is 1. The van der Waals surface area contributed by atoms with E-state index in [1.54, 1.807) is 12.3 Å². The Labute approximate surface area is 116 Å². The van der Waals surface area contributed by atoms with Crippen molar-refractivity contribution in [3.63, 3.8) is 0 Å². The number of pyridine rings is 1. The Morgan fingerprint density at radius 1 is 1.00 bits per heavy atom. The second-order valence-corrected chi connectivity index (χ2v) is 4.42. The van der Waals surface area contributed by atoms with Crippen LogP contribution in [0.1, 0.15) is 10.4 Å². The Morgan fingerprint density at radius 2 is 1.80 bits per heavy atom. The zero-order valence-electron chi connectivity index (χ0n) is 11.0. The molecule has 98 valence electrons. The maximum atomic E-state index is 11.8. The molecule has 0 amide bonds. The lowest BCUT2D eigenvalue weighted by atomic mass is 10.00. The highest BCUT2D eigenvalue weighted by molar-refractivity contribution is 6.06. The number of ether oxygens (including phenoxy) is 1. The van der Waals surface area contributed by atoms with Crippen molar-refractivity contribution in [3.8, 4) is 11.1 Å². The van der Waals surface area contributed by atoms with E-state index < -0.39 is 0 Å². The Hall–Kier alpha value is -2.68. The Balaban J connectivity index is 2.29. The van der Waals surface area contributed by atoms with Crippen molar-refractivity contribution in [1.82, 2.24) is 4.98 Å². The Kier molecular flexibility index (Phi) is 3.17. The lowest BCUT2D eigenvalue weighted by Gasteiger charge is -2.08. The van der Waals surface area contributed by atoms with Crippen molar-refractivity contribution in [3.05, 3.63) is 66.4 Å². The molecule has 3 aromatic rings. The minimum atomic E-state index is -0.345. The van der Waals surface area contributed by atoms with Crippen LogP contribution in [-0.4, -0.2) is 18.1 Å². The summed E-state index contributed by atoms with van der Waals surface area (Å²) < 4.78 is 4.82. The van der Waals surface area contributed by atoms with Gasteiger partial charge in [0.15, 0.2) is 0 Å². The van der Waals surface area contributed by atoms with Gasteiger partial charge < -0.3 is 4.74 Å². The van der Waals surface area contributed by atoms with Crippen LogP contribution in [0.4, 0.5) is 0 Å². The van der Waals surface area contributed by atoms with Gasteiger partial charge in [-0.15, -0.1) is 0 Å². The van der Waals surface area contributed by atoms with Crippen molar-refractivity contribution >= 4 is 16.9 Å². The van der Waals surface area contributed by atoms with Crippen molar-refractivity contribution < 1.29 is 9.53 Å². The second-order valence-electron chi connectivity index (χ2n) is 4.42. The van der Waals surface area contributed by atoms with Gasteiger partial charge in [0.05, 0.1) is 18.2 Å². The fourth-order valence-corrected chi connectivity index (χ4v) is 2.31. The van der Waals surface area contributed by atoms with Gasteiger partial charge in [0, 0.05) is 17.1 Å². The summed E-state index contributed by atoms with van der Waals surface area (Å²) >= 11 is 0. The minimum absolute atomic E-state index is 0.345. The van der Waals surface area contributed by atoms with Crippen LogP contribution in [0.3, 0.4) is 0 Å². The molecule has 3 rings (SSSR count). The quantitative estimate of drug-likeness (QED) is 0.662. The largest absolute Gasteiger partial charge is 0.465 e. The molecule has 2 aromatic carbocycles. The fourth-order valence-electron chi connectivity index (χ4n) is 2.31. The first-order valence-corrected chi connectivity index (χ1v) is 6.33. The number of aromatic nitrogens is 1. The minimum Gasteiger partial charge on any atom is -0.465 e. The van der Waals surface area contributed by atoms with Crippen LogP contribution in [0.5, 0.6) is 0 Å². The van der Waals surface area contributed by atoms with Crippen LogP contribution in [0.15, 0.2) is 60.8 Å². The number of nitrogens with zero attached hydrogens (tertiary/aromatic N) is 1. The molecule has 3 nitrogen and oxygen atoms in total. The molecule has 0 saturated carbocycles. The number of carbonyl (C=O) groups is 1. The van der Waals surface area contributed by atoms with Gasteiger partial charge in [0.25, 0.3) is 0 Å². The Bertz CT molecular complexity index is 766. The summed E-state index contributed by atoms with van der Waals surface area (Å²) in [5, 5.41) is 0.806. The number of carbonyl (C=O) groups excluding carboxylic acids is 1. The number of methoxy groups -OCH3 is 1. The van der Waals surface area contributed by atoms with Crippen LogP contribution in [0, 0.1) is 0 Å². The molecule has 0 N–H and O–H groups in total. The number of esters is 1. The SMILES string of the molecule is COC(=O)c1ccnc2c(-c3ccccc3)cccc12. The molecule has 20 heavy (non-hydrogen) atoms. The highest BCUT2D eigenvalue weighted by atomic mass is 16.5. The third-order valence-corrected chi connectivity index (χ3v) is 3.26. The zero-order chi connectivity index (χ0) is 13.9. The van der Waals surface area contributed by atoms with E-state index in [2.05, 4.69) is 4.98 Å². The fraction of sp³-hybridized carbons (Fsp3) is 0.0588. The monoisotopic (exact) mass is 263 g/mol. The summed E-state index contributed by atoms with van der Waals surface area (Å²) in [6.45, 7) is 0.